The monoisotopic (exact) mass is 266 g/mol. The van der Waals surface area contributed by atoms with Gasteiger partial charge in [-0.1, -0.05) is 0 Å². The number of nitrogens with two attached hydrogens (primary N) is 1. The van der Waals surface area contributed by atoms with Gasteiger partial charge in [0.1, 0.15) is 17.6 Å². The van der Waals surface area contributed by atoms with E-state index in [4.69, 9.17) is 10.8 Å². The Labute approximate surface area is 109 Å². The first-order chi connectivity index (χ1) is 8.99. The molecule has 8 heteroatoms. The van der Waals surface area contributed by atoms with Crippen LogP contribution < -0.4 is 10.6 Å². The van der Waals surface area contributed by atoms with Crippen molar-refractivity contribution in [3.05, 3.63) is 27.9 Å². The molecule has 1 atom stereocenters. The second-order valence-corrected chi connectivity index (χ2v) is 4.48. The number of carbonyl (C=O) groups is 1. The van der Waals surface area contributed by atoms with Crippen LogP contribution >= 0.6 is 0 Å². The van der Waals surface area contributed by atoms with E-state index in [0.717, 1.165) is 25.1 Å². The van der Waals surface area contributed by atoms with Gasteiger partial charge in [0.05, 0.1) is 4.92 Å². The smallest absolute Gasteiger partial charge is 0.339 e. The Bertz CT molecular complexity index is 519. The molecule has 19 heavy (non-hydrogen) atoms. The summed E-state index contributed by atoms with van der Waals surface area (Å²) >= 11 is 0. The van der Waals surface area contributed by atoms with Gasteiger partial charge in [0.25, 0.3) is 5.69 Å². The number of rotatable bonds is 3. The number of aromatic nitrogens is 1. The van der Waals surface area contributed by atoms with E-state index in [1.165, 1.54) is 0 Å². The topological polar surface area (TPSA) is 123 Å². The maximum absolute atomic E-state index is 11.2. The largest absolute Gasteiger partial charge is 0.478 e. The molecule has 1 aliphatic rings. The number of anilines is 1. The Kier molecular flexibility index (Phi) is 3.61. The van der Waals surface area contributed by atoms with Crippen LogP contribution in [0.2, 0.25) is 0 Å². The van der Waals surface area contributed by atoms with Crippen molar-refractivity contribution in [2.75, 3.05) is 18.0 Å². The number of aromatic carboxylic acids is 1. The van der Waals surface area contributed by atoms with Crippen molar-refractivity contribution in [1.82, 2.24) is 4.98 Å². The van der Waals surface area contributed by atoms with Gasteiger partial charge in [0.15, 0.2) is 0 Å². The lowest BCUT2D eigenvalue weighted by atomic mass is 10.1. The summed E-state index contributed by atoms with van der Waals surface area (Å²) < 4.78 is 0. The molecule has 0 bridgehead atoms. The predicted octanol–water partition coefficient (Wildman–Crippen LogP) is 0.615. The third-order valence-corrected chi connectivity index (χ3v) is 3.05. The van der Waals surface area contributed by atoms with Gasteiger partial charge in [-0.3, -0.25) is 10.1 Å². The van der Waals surface area contributed by atoms with Crippen LogP contribution in [0, 0.1) is 10.1 Å². The molecule has 1 aliphatic heterocycles. The Hall–Kier alpha value is -2.22. The lowest BCUT2D eigenvalue weighted by Gasteiger charge is -2.32. The summed E-state index contributed by atoms with van der Waals surface area (Å²) in [7, 11) is 0. The number of hydrogen-bond donors (Lipinski definition) is 2. The highest BCUT2D eigenvalue weighted by Gasteiger charge is 2.25. The normalized spacial score (nSPS) is 19.2. The third-order valence-electron chi connectivity index (χ3n) is 3.05. The first-order valence-electron chi connectivity index (χ1n) is 5.87. The van der Waals surface area contributed by atoms with Gasteiger partial charge in [-0.25, -0.2) is 9.78 Å². The van der Waals surface area contributed by atoms with Gasteiger partial charge >= 0.3 is 5.97 Å². The SMILES string of the molecule is NC1CCCN(c2ncc([N+](=O)[O-])cc2C(=O)O)C1. The zero-order valence-corrected chi connectivity index (χ0v) is 10.2. The van der Waals surface area contributed by atoms with Gasteiger partial charge in [-0.2, -0.15) is 0 Å². The first-order valence-corrected chi connectivity index (χ1v) is 5.87. The van der Waals surface area contributed by atoms with Crippen molar-refractivity contribution in [2.45, 2.75) is 18.9 Å². The molecule has 8 nitrogen and oxygen atoms in total. The summed E-state index contributed by atoms with van der Waals surface area (Å²) in [5.41, 5.74) is 5.35. The molecule has 0 aliphatic carbocycles. The fraction of sp³-hybridized carbons (Fsp3) is 0.455. The minimum Gasteiger partial charge on any atom is -0.478 e. The van der Waals surface area contributed by atoms with E-state index in [1.807, 2.05) is 0 Å². The molecule has 2 rings (SSSR count). The van der Waals surface area contributed by atoms with Crippen LogP contribution in [0.5, 0.6) is 0 Å². The molecule has 0 saturated carbocycles. The van der Waals surface area contributed by atoms with Crippen LogP contribution in [0.4, 0.5) is 11.5 Å². The quantitative estimate of drug-likeness (QED) is 0.607. The maximum Gasteiger partial charge on any atom is 0.339 e. The molecule has 102 valence electrons. The Morgan fingerprint density at radius 3 is 2.95 bits per heavy atom. The number of piperidine rings is 1. The fourth-order valence-electron chi connectivity index (χ4n) is 2.16. The van der Waals surface area contributed by atoms with Crippen LogP contribution in [0.1, 0.15) is 23.2 Å². The summed E-state index contributed by atoms with van der Waals surface area (Å²) in [5.74, 6) is -0.987. The minimum atomic E-state index is -1.23. The fourth-order valence-corrected chi connectivity index (χ4v) is 2.16. The van der Waals surface area contributed by atoms with Crippen LogP contribution in [0.15, 0.2) is 12.3 Å². The maximum atomic E-state index is 11.2. The van der Waals surface area contributed by atoms with Crippen LogP contribution in [0.25, 0.3) is 0 Å². The zero-order valence-electron chi connectivity index (χ0n) is 10.2. The van der Waals surface area contributed by atoms with Crippen molar-refractivity contribution in [3.8, 4) is 0 Å². The van der Waals surface area contributed by atoms with Gasteiger partial charge in [-0.15, -0.1) is 0 Å². The van der Waals surface area contributed by atoms with Crippen molar-refractivity contribution in [3.63, 3.8) is 0 Å². The molecule has 1 unspecified atom stereocenters. The van der Waals surface area contributed by atoms with Gasteiger partial charge in [0, 0.05) is 25.2 Å². The summed E-state index contributed by atoms with van der Waals surface area (Å²) in [5, 5.41) is 19.8. The molecule has 3 N–H and O–H groups in total. The first kappa shape index (κ1) is 13.2. The molecule has 0 amide bonds. The van der Waals surface area contributed by atoms with Crippen molar-refractivity contribution < 1.29 is 14.8 Å². The van der Waals surface area contributed by atoms with E-state index >= 15 is 0 Å². The van der Waals surface area contributed by atoms with Crippen molar-refractivity contribution in [1.29, 1.82) is 0 Å². The number of hydrogen-bond acceptors (Lipinski definition) is 6. The van der Waals surface area contributed by atoms with E-state index in [-0.39, 0.29) is 23.1 Å². The van der Waals surface area contributed by atoms with E-state index in [1.54, 1.807) is 4.90 Å². The van der Waals surface area contributed by atoms with E-state index in [9.17, 15) is 14.9 Å². The molecule has 1 aromatic heterocycles. The summed E-state index contributed by atoms with van der Waals surface area (Å²) in [6, 6.07) is 0.998. The molecule has 0 radical (unpaired) electrons. The molecule has 1 saturated heterocycles. The summed E-state index contributed by atoms with van der Waals surface area (Å²) in [6.45, 7) is 1.16. The average Bonchev–Trinajstić information content (AvgIpc) is 2.37. The van der Waals surface area contributed by atoms with Crippen LogP contribution in [0.3, 0.4) is 0 Å². The molecular weight excluding hydrogens is 252 g/mol. The van der Waals surface area contributed by atoms with Gasteiger partial charge in [-0.05, 0) is 12.8 Å². The molecule has 1 fully saturated rings. The number of nitro groups is 1. The lowest BCUT2D eigenvalue weighted by molar-refractivity contribution is -0.385. The number of carboxylic acids is 1. The van der Waals surface area contributed by atoms with Crippen LogP contribution in [-0.4, -0.2) is 40.1 Å². The molecular formula is C11H14N4O4. The number of nitrogens with zero attached hydrogens (tertiary/aromatic N) is 3. The van der Waals surface area contributed by atoms with Crippen molar-refractivity contribution >= 4 is 17.5 Å². The highest BCUT2D eigenvalue weighted by Crippen LogP contribution is 2.25. The Balaban J connectivity index is 2.38. The number of pyridine rings is 1. The predicted molar refractivity (Wildman–Crippen MR) is 67.3 cm³/mol. The molecule has 0 aromatic carbocycles. The molecule has 1 aromatic rings. The standard InChI is InChI=1S/C11H14N4O4/c12-7-2-1-3-14(6-7)10-9(11(16)17)4-8(5-13-10)15(18)19/h4-5,7H,1-3,6,12H2,(H,16,17). The second kappa shape index (κ2) is 5.19. The summed E-state index contributed by atoms with van der Waals surface area (Å²) in [6.07, 6.45) is 2.80. The third kappa shape index (κ3) is 2.79. The highest BCUT2D eigenvalue weighted by atomic mass is 16.6. The van der Waals surface area contributed by atoms with Gasteiger partial charge in [0.2, 0.25) is 0 Å². The number of carboxylic acid groups (broad SMARTS) is 1. The minimum absolute atomic E-state index is 0.0348. The molecule has 0 spiro atoms. The molecule has 2 heterocycles. The second-order valence-electron chi connectivity index (χ2n) is 4.48. The van der Waals surface area contributed by atoms with E-state index in [2.05, 4.69) is 4.98 Å². The highest BCUT2D eigenvalue weighted by molar-refractivity contribution is 5.94. The zero-order chi connectivity index (χ0) is 14.0. The summed E-state index contributed by atoms with van der Waals surface area (Å²) in [4.78, 5) is 26.9. The van der Waals surface area contributed by atoms with Gasteiger partial charge < -0.3 is 15.7 Å². The lowest BCUT2D eigenvalue weighted by Crippen LogP contribution is -2.43. The Morgan fingerprint density at radius 2 is 2.37 bits per heavy atom. The van der Waals surface area contributed by atoms with Crippen LogP contribution in [-0.2, 0) is 0 Å². The average molecular weight is 266 g/mol. The van der Waals surface area contributed by atoms with E-state index in [0.29, 0.717) is 13.1 Å². The van der Waals surface area contributed by atoms with E-state index < -0.39 is 10.9 Å². The Morgan fingerprint density at radius 1 is 1.63 bits per heavy atom. The van der Waals surface area contributed by atoms with Crippen molar-refractivity contribution in [2.24, 2.45) is 5.73 Å².